The molecule has 1 heterocycles. The Bertz CT molecular complexity index is 729. The molecule has 2 aromatic rings. The summed E-state index contributed by atoms with van der Waals surface area (Å²) in [5.41, 5.74) is 4.16. The summed E-state index contributed by atoms with van der Waals surface area (Å²) in [6, 6.07) is 6.30. The Balaban J connectivity index is 2.17. The van der Waals surface area contributed by atoms with E-state index < -0.39 is 12.0 Å². The molecule has 0 saturated heterocycles. The van der Waals surface area contributed by atoms with Crippen molar-refractivity contribution in [2.75, 3.05) is 0 Å². The van der Waals surface area contributed by atoms with Crippen LogP contribution in [0, 0.1) is 27.7 Å². The topological polar surface area (TPSA) is 84.2 Å². The molecular formula is C17H21N3O3. The first-order valence-corrected chi connectivity index (χ1v) is 7.37. The van der Waals surface area contributed by atoms with E-state index in [1.54, 1.807) is 16.8 Å². The molecule has 0 spiro atoms. The number of benzene rings is 1. The van der Waals surface area contributed by atoms with Crippen molar-refractivity contribution in [1.29, 1.82) is 0 Å². The molecule has 1 aromatic carbocycles. The average Bonchev–Trinajstić information content (AvgIpc) is 2.72. The summed E-state index contributed by atoms with van der Waals surface area (Å²) in [5.74, 6) is -1.47. The van der Waals surface area contributed by atoms with E-state index in [2.05, 4.69) is 10.4 Å². The fraction of sp³-hybridized carbons (Fsp3) is 0.353. The lowest BCUT2D eigenvalue weighted by Gasteiger charge is -2.16. The van der Waals surface area contributed by atoms with Gasteiger partial charge in [-0.2, -0.15) is 5.10 Å². The standard InChI is InChI=1S/C17H21N3O3/c1-10-5-11(2)7-14(6-10)16(17(22)23)18-15(21)9-20-13(4)8-12(3)19-20/h5-8,16H,9H2,1-4H3,(H,18,21)(H,22,23). The van der Waals surface area contributed by atoms with Crippen LogP contribution in [-0.4, -0.2) is 26.8 Å². The third kappa shape index (κ3) is 4.18. The van der Waals surface area contributed by atoms with Crippen molar-refractivity contribution < 1.29 is 14.7 Å². The van der Waals surface area contributed by atoms with Gasteiger partial charge >= 0.3 is 5.97 Å². The third-order valence-electron chi connectivity index (χ3n) is 3.53. The molecule has 1 amide bonds. The van der Waals surface area contributed by atoms with Crippen LogP contribution in [0.15, 0.2) is 24.3 Å². The first-order valence-electron chi connectivity index (χ1n) is 7.37. The third-order valence-corrected chi connectivity index (χ3v) is 3.53. The van der Waals surface area contributed by atoms with Gasteiger partial charge in [-0.25, -0.2) is 4.79 Å². The van der Waals surface area contributed by atoms with E-state index in [0.717, 1.165) is 22.5 Å². The van der Waals surface area contributed by atoms with Crippen molar-refractivity contribution in [2.45, 2.75) is 40.3 Å². The van der Waals surface area contributed by atoms with Crippen LogP contribution in [0.25, 0.3) is 0 Å². The van der Waals surface area contributed by atoms with E-state index in [0.29, 0.717) is 5.56 Å². The SMILES string of the molecule is Cc1cc(C)cc(C(NC(=O)Cn2nc(C)cc2C)C(=O)O)c1. The number of amides is 1. The van der Waals surface area contributed by atoms with Crippen LogP contribution in [-0.2, 0) is 16.1 Å². The predicted molar refractivity (Wildman–Crippen MR) is 86.1 cm³/mol. The number of carboxylic acid groups (broad SMARTS) is 1. The van der Waals surface area contributed by atoms with Crippen molar-refractivity contribution in [3.05, 3.63) is 52.3 Å². The molecule has 0 radical (unpaired) electrons. The van der Waals surface area contributed by atoms with Crippen LogP contribution in [0.4, 0.5) is 0 Å². The van der Waals surface area contributed by atoms with Gasteiger partial charge in [0.05, 0.1) is 5.69 Å². The quantitative estimate of drug-likeness (QED) is 0.884. The van der Waals surface area contributed by atoms with E-state index in [1.165, 1.54) is 0 Å². The highest BCUT2D eigenvalue weighted by Gasteiger charge is 2.23. The fourth-order valence-corrected chi connectivity index (χ4v) is 2.64. The molecule has 0 fully saturated rings. The number of carbonyl (C=O) groups excluding carboxylic acids is 1. The number of rotatable bonds is 5. The van der Waals surface area contributed by atoms with Crippen molar-refractivity contribution in [3.8, 4) is 0 Å². The Morgan fingerprint density at radius 3 is 2.22 bits per heavy atom. The molecule has 2 N–H and O–H groups in total. The summed E-state index contributed by atoms with van der Waals surface area (Å²) in [6.45, 7) is 7.48. The van der Waals surface area contributed by atoms with E-state index in [1.807, 2.05) is 39.8 Å². The Labute approximate surface area is 135 Å². The van der Waals surface area contributed by atoms with Gasteiger partial charge in [0.15, 0.2) is 6.04 Å². The molecule has 1 unspecified atom stereocenters. The maximum absolute atomic E-state index is 12.2. The number of nitrogens with zero attached hydrogens (tertiary/aromatic N) is 2. The smallest absolute Gasteiger partial charge is 0.330 e. The Morgan fingerprint density at radius 1 is 1.13 bits per heavy atom. The number of aryl methyl sites for hydroxylation is 4. The van der Waals surface area contributed by atoms with Gasteiger partial charge < -0.3 is 10.4 Å². The van der Waals surface area contributed by atoms with E-state index in [4.69, 9.17) is 0 Å². The van der Waals surface area contributed by atoms with Gasteiger partial charge in [-0.15, -0.1) is 0 Å². The van der Waals surface area contributed by atoms with Gasteiger partial charge in [-0.3, -0.25) is 9.48 Å². The van der Waals surface area contributed by atoms with Crippen LogP contribution < -0.4 is 5.32 Å². The first kappa shape index (κ1) is 16.7. The zero-order valence-electron chi connectivity index (χ0n) is 13.8. The highest BCUT2D eigenvalue weighted by molar-refractivity contribution is 5.84. The summed E-state index contributed by atoms with van der Waals surface area (Å²) in [5, 5.41) is 16.2. The zero-order chi connectivity index (χ0) is 17.1. The molecule has 0 aliphatic rings. The minimum Gasteiger partial charge on any atom is -0.479 e. The van der Waals surface area contributed by atoms with E-state index >= 15 is 0 Å². The van der Waals surface area contributed by atoms with Gasteiger partial charge in [0.1, 0.15) is 6.54 Å². The highest BCUT2D eigenvalue weighted by atomic mass is 16.4. The summed E-state index contributed by atoms with van der Waals surface area (Å²) < 4.78 is 1.56. The zero-order valence-corrected chi connectivity index (χ0v) is 13.8. The van der Waals surface area contributed by atoms with Crippen LogP contribution >= 0.6 is 0 Å². The summed E-state index contributed by atoms with van der Waals surface area (Å²) >= 11 is 0. The number of carboxylic acids is 1. The second-order valence-corrected chi connectivity index (χ2v) is 5.84. The highest BCUT2D eigenvalue weighted by Crippen LogP contribution is 2.17. The van der Waals surface area contributed by atoms with E-state index in [-0.39, 0.29) is 12.5 Å². The van der Waals surface area contributed by atoms with E-state index in [9.17, 15) is 14.7 Å². The number of hydrogen-bond donors (Lipinski definition) is 2. The fourth-order valence-electron chi connectivity index (χ4n) is 2.64. The monoisotopic (exact) mass is 315 g/mol. The minimum absolute atomic E-state index is 0.00570. The maximum Gasteiger partial charge on any atom is 0.330 e. The van der Waals surface area contributed by atoms with Crippen LogP contribution in [0.1, 0.15) is 34.1 Å². The normalized spacial score (nSPS) is 12.0. The number of aliphatic carboxylic acids is 1. The maximum atomic E-state index is 12.2. The van der Waals surface area contributed by atoms with Crippen molar-refractivity contribution in [3.63, 3.8) is 0 Å². The van der Waals surface area contributed by atoms with Crippen molar-refractivity contribution in [2.24, 2.45) is 0 Å². The lowest BCUT2D eigenvalue weighted by molar-refractivity contribution is -0.142. The van der Waals surface area contributed by atoms with Gasteiger partial charge in [-0.05, 0) is 39.3 Å². The lowest BCUT2D eigenvalue weighted by Crippen LogP contribution is -2.36. The van der Waals surface area contributed by atoms with Gasteiger partial charge in [-0.1, -0.05) is 29.3 Å². The van der Waals surface area contributed by atoms with Crippen molar-refractivity contribution >= 4 is 11.9 Å². The number of aromatic nitrogens is 2. The molecule has 0 aliphatic heterocycles. The molecule has 0 saturated carbocycles. The number of hydrogen-bond acceptors (Lipinski definition) is 3. The lowest BCUT2D eigenvalue weighted by atomic mass is 10.0. The first-order chi connectivity index (χ1) is 10.8. The second kappa shape index (κ2) is 6.64. The molecule has 1 aromatic heterocycles. The molecule has 6 heteroatoms. The summed E-state index contributed by atoms with van der Waals surface area (Å²) in [7, 11) is 0. The van der Waals surface area contributed by atoms with Crippen LogP contribution in [0.5, 0.6) is 0 Å². The predicted octanol–water partition coefficient (Wildman–Crippen LogP) is 2.06. The largest absolute Gasteiger partial charge is 0.479 e. The molecular weight excluding hydrogens is 294 g/mol. The Morgan fingerprint density at radius 2 is 1.74 bits per heavy atom. The molecule has 2 rings (SSSR count). The minimum atomic E-state index is -1.09. The molecule has 122 valence electrons. The molecule has 0 bridgehead atoms. The van der Waals surface area contributed by atoms with Crippen LogP contribution in [0.2, 0.25) is 0 Å². The van der Waals surface area contributed by atoms with Gasteiger partial charge in [0, 0.05) is 5.69 Å². The number of nitrogens with one attached hydrogen (secondary N) is 1. The second-order valence-electron chi connectivity index (χ2n) is 5.84. The molecule has 6 nitrogen and oxygen atoms in total. The van der Waals surface area contributed by atoms with Gasteiger partial charge in [0.25, 0.3) is 0 Å². The summed E-state index contributed by atoms with van der Waals surface area (Å²) in [6.07, 6.45) is 0. The Hall–Kier alpha value is -2.63. The Kier molecular flexibility index (Phi) is 4.83. The average molecular weight is 315 g/mol. The summed E-state index contributed by atoms with van der Waals surface area (Å²) in [4.78, 5) is 23.7. The van der Waals surface area contributed by atoms with Crippen molar-refractivity contribution in [1.82, 2.24) is 15.1 Å². The number of carbonyl (C=O) groups is 2. The van der Waals surface area contributed by atoms with Gasteiger partial charge in [0.2, 0.25) is 5.91 Å². The molecule has 1 atom stereocenters. The molecule has 23 heavy (non-hydrogen) atoms. The van der Waals surface area contributed by atoms with Crippen LogP contribution in [0.3, 0.4) is 0 Å². The molecule has 0 aliphatic carbocycles.